The van der Waals surface area contributed by atoms with Crippen LogP contribution in [0.1, 0.15) is 12.8 Å². The monoisotopic (exact) mass is 297 g/mol. The molecule has 0 atom stereocenters. The van der Waals surface area contributed by atoms with E-state index in [0.29, 0.717) is 5.33 Å². The van der Waals surface area contributed by atoms with Crippen molar-refractivity contribution >= 4 is 26.0 Å². The molecule has 0 radical (unpaired) electrons. The molecule has 0 bridgehead atoms. The van der Waals surface area contributed by atoms with Crippen LogP contribution >= 0.6 is 15.9 Å². The second-order valence-corrected chi connectivity index (χ2v) is 5.34. The lowest BCUT2D eigenvalue weighted by molar-refractivity contribution is -0.134. The van der Waals surface area contributed by atoms with Gasteiger partial charge in [0.25, 0.3) is 0 Å². The average molecular weight is 298 g/mol. The summed E-state index contributed by atoms with van der Waals surface area (Å²) in [6, 6.07) is 0. The second-order valence-electron chi connectivity index (χ2n) is 2.62. The molecule has 0 heterocycles. The number of alkyl halides is 4. The highest BCUT2D eigenvalue weighted by Crippen LogP contribution is 2.21. The third-order valence-electron chi connectivity index (χ3n) is 1.29. The largest absolute Gasteiger partial charge is 0.389 e. The van der Waals surface area contributed by atoms with Crippen molar-refractivity contribution in [1.82, 2.24) is 4.72 Å². The van der Waals surface area contributed by atoms with E-state index in [1.54, 1.807) is 0 Å². The minimum atomic E-state index is -4.29. The lowest BCUT2D eigenvalue weighted by Crippen LogP contribution is -2.28. The van der Waals surface area contributed by atoms with Crippen LogP contribution in [0.25, 0.3) is 0 Å². The summed E-state index contributed by atoms with van der Waals surface area (Å²) in [5.74, 6) is -0.487. The summed E-state index contributed by atoms with van der Waals surface area (Å²) < 4.78 is 59.1. The van der Waals surface area contributed by atoms with E-state index in [0.717, 1.165) is 0 Å². The van der Waals surface area contributed by atoms with Crippen molar-refractivity contribution in [2.45, 2.75) is 19.0 Å². The predicted octanol–water partition coefficient (Wildman–Crippen LogP) is 1.64. The molecule has 0 aromatic rings. The zero-order valence-electron chi connectivity index (χ0n) is 7.27. The topological polar surface area (TPSA) is 46.2 Å². The van der Waals surface area contributed by atoms with E-state index in [1.807, 2.05) is 0 Å². The van der Waals surface area contributed by atoms with E-state index in [9.17, 15) is 21.6 Å². The summed E-state index contributed by atoms with van der Waals surface area (Å²) in [5.41, 5.74) is 0. The molecule has 0 aromatic heterocycles. The van der Waals surface area contributed by atoms with Gasteiger partial charge in [0.05, 0.1) is 5.75 Å². The van der Waals surface area contributed by atoms with Crippen LogP contribution in [0.5, 0.6) is 0 Å². The number of sulfonamides is 1. The Morgan fingerprint density at radius 1 is 1.29 bits per heavy atom. The van der Waals surface area contributed by atoms with Gasteiger partial charge in [-0.15, -0.1) is 0 Å². The van der Waals surface area contributed by atoms with Gasteiger partial charge in [0, 0.05) is 18.3 Å². The zero-order valence-corrected chi connectivity index (χ0v) is 9.67. The van der Waals surface area contributed by atoms with E-state index >= 15 is 0 Å². The highest BCUT2D eigenvalue weighted by molar-refractivity contribution is 9.09. The fourth-order valence-electron chi connectivity index (χ4n) is 0.729. The number of hydrogen-bond acceptors (Lipinski definition) is 2. The smallest absolute Gasteiger partial charge is 0.214 e. The van der Waals surface area contributed by atoms with Gasteiger partial charge in [-0.2, -0.15) is 13.2 Å². The van der Waals surface area contributed by atoms with Crippen LogP contribution in [0, 0.1) is 0 Å². The van der Waals surface area contributed by atoms with E-state index < -0.39 is 34.8 Å². The van der Waals surface area contributed by atoms with Crippen LogP contribution in [-0.4, -0.2) is 32.2 Å². The second kappa shape index (κ2) is 5.92. The van der Waals surface area contributed by atoms with Crippen molar-refractivity contribution < 1.29 is 21.6 Å². The molecule has 0 aliphatic rings. The highest BCUT2D eigenvalue weighted by atomic mass is 79.9. The molecule has 0 aliphatic heterocycles. The summed E-state index contributed by atoms with van der Waals surface area (Å²) in [5, 5.41) is 0.436. The first kappa shape index (κ1) is 14.2. The van der Waals surface area contributed by atoms with Crippen LogP contribution in [0.15, 0.2) is 0 Å². The molecule has 8 heteroatoms. The molecule has 0 amide bonds. The molecule has 86 valence electrons. The first-order valence-corrected chi connectivity index (χ1v) is 6.64. The molecule has 0 saturated heterocycles. The third kappa shape index (κ3) is 8.76. The SMILES string of the molecule is O=S(=O)(CCCC(F)(F)F)NCCBr. The van der Waals surface area contributed by atoms with Gasteiger partial charge in [0.1, 0.15) is 0 Å². The molecule has 14 heavy (non-hydrogen) atoms. The summed E-state index contributed by atoms with van der Waals surface area (Å²) in [6.07, 6.45) is -5.76. The number of rotatable bonds is 6. The van der Waals surface area contributed by atoms with Gasteiger partial charge in [-0.25, -0.2) is 13.1 Å². The summed E-state index contributed by atoms with van der Waals surface area (Å²) >= 11 is 3.00. The molecule has 0 aliphatic carbocycles. The lowest BCUT2D eigenvalue weighted by atomic mass is 10.3. The predicted molar refractivity (Wildman–Crippen MR) is 50.9 cm³/mol. The van der Waals surface area contributed by atoms with Crippen LogP contribution in [0.2, 0.25) is 0 Å². The molecular formula is C6H11BrF3NO2S. The summed E-state index contributed by atoms with van der Waals surface area (Å²) in [6.45, 7) is 0.189. The number of halogens is 4. The van der Waals surface area contributed by atoms with Crippen LogP contribution in [0.4, 0.5) is 13.2 Å². The van der Waals surface area contributed by atoms with Crippen molar-refractivity contribution in [3.63, 3.8) is 0 Å². The van der Waals surface area contributed by atoms with E-state index in [1.165, 1.54) is 0 Å². The molecule has 0 spiro atoms. The first-order valence-electron chi connectivity index (χ1n) is 3.87. The Hall–Kier alpha value is 0.180. The quantitative estimate of drug-likeness (QED) is 0.758. The van der Waals surface area contributed by atoms with Crippen molar-refractivity contribution in [2.24, 2.45) is 0 Å². The maximum atomic E-state index is 11.7. The minimum absolute atomic E-state index is 0.189. The van der Waals surface area contributed by atoms with Gasteiger partial charge in [0.2, 0.25) is 10.0 Å². The van der Waals surface area contributed by atoms with E-state index in [-0.39, 0.29) is 6.54 Å². The van der Waals surface area contributed by atoms with Gasteiger partial charge >= 0.3 is 6.18 Å². The Labute approximate surface area is 89.2 Å². The normalized spacial score (nSPS) is 13.1. The van der Waals surface area contributed by atoms with Crippen LogP contribution in [0.3, 0.4) is 0 Å². The Balaban J connectivity index is 3.78. The summed E-state index contributed by atoms with van der Waals surface area (Å²) in [7, 11) is -3.55. The van der Waals surface area contributed by atoms with Crippen molar-refractivity contribution in [2.75, 3.05) is 17.6 Å². The minimum Gasteiger partial charge on any atom is -0.214 e. The zero-order chi connectivity index (χ0) is 11.2. The molecule has 0 unspecified atom stereocenters. The highest BCUT2D eigenvalue weighted by Gasteiger charge is 2.27. The van der Waals surface area contributed by atoms with E-state index in [4.69, 9.17) is 0 Å². The maximum absolute atomic E-state index is 11.7. The Kier molecular flexibility index (Phi) is 5.99. The lowest BCUT2D eigenvalue weighted by Gasteiger charge is -2.07. The Bertz CT molecular complexity index is 252. The molecule has 0 aromatic carbocycles. The van der Waals surface area contributed by atoms with E-state index in [2.05, 4.69) is 20.7 Å². The number of hydrogen-bond donors (Lipinski definition) is 1. The van der Waals surface area contributed by atoms with Gasteiger partial charge in [-0.1, -0.05) is 15.9 Å². The van der Waals surface area contributed by atoms with Gasteiger partial charge in [-0.05, 0) is 6.42 Å². The number of nitrogens with one attached hydrogen (secondary N) is 1. The van der Waals surface area contributed by atoms with Crippen molar-refractivity contribution in [3.05, 3.63) is 0 Å². The van der Waals surface area contributed by atoms with Gasteiger partial charge in [-0.3, -0.25) is 0 Å². The average Bonchev–Trinajstić information content (AvgIpc) is 1.98. The standard InChI is InChI=1S/C6H11BrF3NO2S/c7-3-4-11-14(12,13)5-1-2-6(8,9)10/h11H,1-5H2. The molecule has 0 saturated carbocycles. The summed E-state index contributed by atoms with van der Waals surface area (Å²) in [4.78, 5) is 0. The van der Waals surface area contributed by atoms with Crippen molar-refractivity contribution in [1.29, 1.82) is 0 Å². The Morgan fingerprint density at radius 3 is 2.29 bits per heavy atom. The Morgan fingerprint density at radius 2 is 1.86 bits per heavy atom. The van der Waals surface area contributed by atoms with Gasteiger partial charge < -0.3 is 0 Å². The van der Waals surface area contributed by atoms with Gasteiger partial charge in [0.15, 0.2) is 0 Å². The molecule has 0 fully saturated rings. The fraction of sp³-hybridized carbons (Fsp3) is 1.00. The molecule has 1 N–H and O–H groups in total. The van der Waals surface area contributed by atoms with Crippen LogP contribution in [-0.2, 0) is 10.0 Å². The molecular weight excluding hydrogens is 287 g/mol. The molecule has 0 rings (SSSR count). The molecule has 3 nitrogen and oxygen atoms in total. The third-order valence-corrected chi connectivity index (χ3v) is 3.16. The fourth-order valence-corrected chi connectivity index (χ4v) is 2.27. The van der Waals surface area contributed by atoms with Crippen LogP contribution < -0.4 is 4.72 Å². The first-order chi connectivity index (χ1) is 6.27. The van der Waals surface area contributed by atoms with Crippen molar-refractivity contribution in [3.8, 4) is 0 Å². The maximum Gasteiger partial charge on any atom is 0.389 e.